The highest BCUT2D eigenvalue weighted by molar-refractivity contribution is 6.42. The van der Waals surface area contributed by atoms with E-state index in [1.165, 1.54) is 11.8 Å². The fourth-order valence-corrected chi connectivity index (χ4v) is 2.57. The molecule has 0 aliphatic heterocycles. The smallest absolute Gasteiger partial charge is 0.226 e. The molecule has 4 nitrogen and oxygen atoms in total. The summed E-state index contributed by atoms with van der Waals surface area (Å²) in [6.07, 6.45) is 0.174. The van der Waals surface area contributed by atoms with Gasteiger partial charge in [0, 0.05) is 31.3 Å². The van der Waals surface area contributed by atoms with Crippen molar-refractivity contribution in [2.24, 2.45) is 0 Å². The highest BCUT2D eigenvalue weighted by Crippen LogP contribution is 2.27. The van der Waals surface area contributed by atoms with Gasteiger partial charge in [0.25, 0.3) is 0 Å². The molecule has 126 valence electrons. The van der Waals surface area contributed by atoms with E-state index in [9.17, 15) is 9.59 Å². The van der Waals surface area contributed by atoms with Gasteiger partial charge in [-0.25, -0.2) is 0 Å². The molecule has 2 aromatic rings. The average Bonchev–Trinajstić information content (AvgIpc) is 2.50. The molecule has 2 amide bonds. The summed E-state index contributed by atoms with van der Waals surface area (Å²) in [5.41, 5.74) is 2.41. The summed E-state index contributed by atoms with van der Waals surface area (Å²) >= 11 is 11.9. The number of rotatable bonds is 5. The van der Waals surface area contributed by atoms with Gasteiger partial charge in [-0.15, -0.1) is 0 Å². The van der Waals surface area contributed by atoms with Gasteiger partial charge in [-0.05, 0) is 42.8 Å². The highest BCUT2D eigenvalue weighted by atomic mass is 35.5. The van der Waals surface area contributed by atoms with Crippen molar-refractivity contribution in [1.29, 1.82) is 0 Å². The van der Waals surface area contributed by atoms with Gasteiger partial charge in [0.2, 0.25) is 11.8 Å². The molecule has 0 aliphatic carbocycles. The van der Waals surface area contributed by atoms with Crippen LogP contribution in [0.25, 0.3) is 0 Å². The van der Waals surface area contributed by atoms with Gasteiger partial charge in [0.15, 0.2) is 0 Å². The van der Waals surface area contributed by atoms with Crippen molar-refractivity contribution >= 4 is 46.4 Å². The first-order valence-corrected chi connectivity index (χ1v) is 8.22. The minimum Gasteiger partial charge on any atom is -0.326 e. The van der Waals surface area contributed by atoms with Crippen LogP contribution in [0.5, 0.6) is 0 Å². The SMILES string of the molecule is CC(=O)N(CCC(=O)Nc1cccc(C)c1)c1ccc(Cl)c(Cl)c1. The summed E-state index contributed by atoms with van der Waals surface area (Å²) < 4.78 is 0. The maximum absolute atomic E-state index is 12.1. The highest BCUT2D eigenvalue weighted by Gasteiger charge is 2.15. The number of halogens is 2. The van der Waals surface area contributed by atoms with E-state index in [4.69, 9.17) is 23.2 Å². The zero-order chi connectivity index (χ0) is 17.7. The van der Waals surface area contributed by atoms with E-state index in [0.29, 0.717) is 15.7 Å². The van der Waals surface area contributed by atoms with Gasteiger partial charge in [0.05, 0.1) is 10.0 Å². The zero-order valence-electron chi connectivity index (χ0n) is 13.5. The number of benzene rings is 2. The minimum absolute atomic E-state index is 0.160. The van der Waals surface area contributed by atoms with Gasteiger partial charge < -0.3 is 10.2 Å². The largest absolute Gasteiger partial charge is 0.326 e. The van der Waals surface area contributed by atoms with Crippen LogP contribution < -0.4 is 10.2 Å². The van der Waals surface area contributed by atoms with Crippen LogP contribution in [0.15, 0.2) is 42.5 Å². The van der Waals surface area contributed by atoms with Crippen molar-refractivity contribution in [3.05, 3.63) is 58.1 Å². The van der Waals surface area contributed by atoms with Crippen LogP contribution in [0.2, 0.25) is 10.0 Å². The summed E-state index contributed by atoms with van der Waals surface area (Å²) in [6, 6.07) is 12.5. The third-order valence-corrected chi connectivity index (χ3v) is 4.20. The molecule has 1 N–H and O–H groups in total. The maximum Gasteiger partial charge on any atom is 0.226 e. The van der Waals surface area contributed by atoms with Crippen LogP contribution in [-0.4, -0.2) is 18.4 Å². The molecular weight excluding hydrogens is 347 g/mol. The molecule has 0 unspecified atom stereocenters. The van der Waals surface area contributed by atoms with Crippen LogP contribution >= 0.6 is 23.2 Å². The fraction of sp³-hybridized carbons (Fsp3) is 0.222. The fourth-order valence-electron chi connectivity index (χ4n) is 2.28. The summed E-state index contributed by atoms with van der Waals surface area (Å²) in [5, 5.41) is 3.61. The Morgan fingerprint density at radius 1 is 1.08 bits per heavy atom. The Morgan fingerprint density at radius 3 is 2.46 bits per heavy atom. The van der Waals surface area contributed by atoms with Gasteiger partial charge in [0.1, 0.15) is 0 Å². The van der Waals surface area contributed by atoms with E-state index in [2.05, 4.69) is 5.32 Å². The number of aryl methyl sites for hydroxylation is 1. The molecule has 24 heavy (non-hydrogen) atoms. The van der Waals surface area contributed by atoms with E-state index in [-0.39, 0.29) is 24.8 Å². The molecule has 2 aromatic carbocycles. The molecule has 0 saturated heterocycles. The number of anilines is 2. The molecule has 2 rings (SSSR count). The van der Waals surface area contributed by atoms with Crippen LogP contribution in [0.4, 0.5) is 11.4 Å². The standard InChI is InChI=1S/C18H18Cl2N2O2/c1-12-4-3-5-14(10-12)21-18(24)8-9-22(13(2)23)15-6-7-16(19)17(20)11-15/h3-7,10-11H,8-9H2,1-2H3,(H,21,24). The lowest BCUT2D eigenvalue weighted by Gasteiger charge is -2.21. The Hall–Kier alpha value is -2.04. The Kier molecular flexibility index (Phi) is 6.23. The lowest BCUT2D eigenvalue weighted by molar-refractivity contribution is -0.117. The molecule has 0 fully saturated rings. The van der Waals surface area contributed by atoms with Gasteiger partial charge in [-0.1, -0.05) is 35.3 Å². The molecule has 0 saturated carbocycles. The third kappa shape index (κ3) is 4.98. The molecule has 6 heteroatoms. The number of amides is 2. The Bertz CT molecular complexity index is 762. The Labute approximate surface area is 151 Å². The normalized spacial score (nSPS) is 10.3. The first kappa shape index (κ1) is 18.3. The topological polar surface area (TPSA) is 49.4 Å². The summed E-state index contributed by atoms with van der Waals surface area (Å²) in [5.74, 6) is -0.330. The van der Waals surface area contributed by atoms with Crippen LogP contribution in [0, 0.1) is 6.92 Å². The lowest BCUT2D eigenvalue weighted by atomic mass is 10.2. The number of hydrogen-bond donors (Lipinski definition) is 1. The third-order valence-electron chi connectivity index (χ3n) is 3.46. The number of carbonyl (C=O) groups is 2. The van der Waals surface area contributed by atoms with Crippen LogP contribution in [-0.2, 0) is 9.59 Å². The summed E-state index contributed by atoms with van der Waals surface area (Å²) in [7, 11) is 0. The van der Waals surface area contributed by atoms with Crippen molar-refractivity contribution in [3.63, 3.8) is 0 Å². The zero-order valence-corrected chi connectivity index (χ0v) is 15.0. The van der Waals surface area contributed by atoms with E-state index in [1.807, 2.05) is 31.2 Å². The number of carbonyl (C=O) groups excluding carboxylic acids is 2. The predicted molar refractivity (Wildman–Crippen MR) is 98.9 cm³/mol. The molecule has 0 spiro atoms. The number of hydrogen-bond acceptors (Lipinski definition) is 2. The van der Waals surface area contributed by atoms with Gasteiger partial charge in [-0.3, -0.25) is 9.59 Å². The first-order valence-electron chi connectivity index (χ1n) is 7.46. The van der Waals surface area contributed by atoms with E-state index in [0.717, 1.165) is 11.3 Å². The molecule has 0 aliphatic rings. The first-order chi connectivity index (χ1) is 11.4. The van der Waals surface area contributed by atoms with Crippen LogP contribution in [0.1, 0.15) is 18.9 Å². The molecule has 0 heterocycles. The van der Waals surface area contributed by atoms with E-state index >= 15 is 0 Å². The minimum atomic E-state index is -0.170. The quantitative estimate of drug-likeness (QED) is 0.836. The summed E-state index contributed by atoms with van der Waals surface area (Å²) in [4.78, 5) is 25.5. The van der Waals surface area contributed by atoms with Crippen LogP contribution in [0.3, 0.4) is 0 Å². The van der Waals surface area contributed by atoms with Crippen molar-refractivity contribution in [2.45, 2.75) is 20.3 Å². The van der Waals surface area contributed by atoms with Crippen molar-refractivity contribution in [1.82, 2.24) is 0 Å². The number of nitrogens with one attached hydrogen (secondary N) is 1. The Balaban J connectivity index is 2.02. The second-order valence-corrected chi connectivity index (χ2v) is 6.25. The predicted octanol–water partition coefficient (Wildman–Crippen LogP) is 4.68. The van der Waals surface area contributed by atoms with Crippen molar-refractivity contribution < 1.29 is 9.59 Å². The Morgan fingerprint density at radius 2 is 1.83 bits per heavy atom. The molecular formula is C18H18Cl2N2O2. The maximum atomic E-state index is 12.1. The number of nitrogens with zero attached hydrogens (tertiary/aromatic N) is 1. The van der Waals surface area contributed by atoms with Gasteiger partial charge in [-0.2, -0.15) is 0 Å². The molecule has 0 bridgehead atoms. The monoisotopic (exact) mass is 364 g/mol. The molecule has 0 radical (unpaired) electrons. The summed E-state index contributed by atoms with van der Waals surface area (Å²) in [6.45, 7) is 3.66. The van der Waals surface area contributed by atoms with Gasteiger partial charge >= 0.3 is 0 Å². The molecule has 0 atom stereocenters. The lowest BCUT2D eigenvalue weighted by Crippen LogP contribution is -2.31. The molecule has 0 aromatic heterocycles. The van der Waals surface area contributed by atoms with Crippen molar-refractivity contribution in [2.75, 3.05) is 16.8 Å². The van der Waals surface area contributed by atoms with E-state index in [1.54, 1.807) is 18.2 Å². The average molecular weight is 365 g/mol. The van der Waals surface area contributed by atoms with E-state index < -0.39 is 0 Å². The second kappa shape index (κ2) is 8.18. The van der Waals surface area contributed by atoms with Crippen molar-refractivity contribution in [3.8, 4) is 0 Å². The second-order valence-electron chi connectivity index (χ2n) is 5.44.